The summed E-state index contributed by atoms with van der Waals surface area (Å²) in [5.74, 6) is -2.00. The zero-order valence-corrected chi connectivity index (χ0v) is 37.4. The maximum Gasteiger partial charge on any atom is 0.255 e. The molecule has 0 spiro atoms. The summed E-state index contributed by atoms with van der Waals surface area (Å²) in [6.45, 7) is 11.6. The van der Waals surface area contributed by atoms with Gasteiger partial charge in [-0.05, 0) is 56.3 Å². The maximum absolute atomic E-state index is 13.8. The zero-order chi connectivity index (χ0) is 45.9. The number of halogens is 2. The van der Waals surface area contributed by atoms with E-state index in [2.05, 4.69) is 72.5 Å². The predicted molar refractivity (Wildman–Crippen MR) is 239 cm³/mol. The average molecular weight is 885 g/mol. The molecule has 0 unspecified atom stereocenters. The number of benzene rings is 2. The van der Waals surface area contributed by atoms with E-state index in [0.29, 0.717) is 73.9 Å². The molecule has 2 aromatic carbocycles. The van der Waals surface area contributed by atoms with Gasteiger partial charge in [0.1, 0.15) is 52.2 Å². The van der Waals surface area contributed by atoms with Crippen molar-refractivity contribution in [2.45, 2.75) is 46.3 Å². The van der Waals surface area contributed by atoms with Crippen molar-refractivity contribution in [1.82, 2.24) is 59.7 Å². The number of rotatable bonds is 13. The molecule has 0 aliphatic carbocycles. The van der Waals surface area contributed by atoms with Gasteiger partial charge in [-0.1, -0.05) is 19.6 Å². The van der Waals surface area contributed by atoms with Crippen molar-refractivity contribution in [2.75, 3.05) is 19.7 Å². The summed E-state index contributed by atoms with van der Waals surface area (Å²) in [4.78, 5) is 46.7. The lowest BCUT2D eigenvalue weighted by molar-refractivity contribution is 0.0891. The molecule has 0 aliphatic heterocycles. The summed E-state index contributed by atoms with van der Waals surface area (Å²) >= 11 is 0. The Bertz CT molecular complexity index is 3130. The molecule has 0 fully saturated rings. The Morgan fingerprint density at radius 1 is 0.812 bits per heavy atom. The highest BCUT2D eigenvalue weighted by Crippen LogP contribution is 2.30. The molecule has 6 heterocycles. The third kappa shape index (κ3) is 9.63. The standard InChI is InChI=1S/C25H30FN7O2Si.C19H16FN7O/c1-16(11-27)12-29-25(34)19-14-33(15-35-8-9-36(3,4)5)24-23(19)30-20(13-28-24)22-18-7-6-17(26)10-21(18)32(2)31-22;1-10(6-21)7-24-19(28)13-8-22-18-17(13)25-14(9-23-18)16-12-4-3-11(20)5-15(12)27(2)26-16/h6-7,10,13-14,16H,8-9,12,15H2,1-5H3,(H,29,34);3-5,8-10H,7H2,1-2H3,(H,22,23)(H,24,28)/t16-;10-/m00/s1. The first kappa shape index (κ1) is 44.6. The van der Waals surface area contributed by atoms with Crippen LogP contribution in [0.1, 0.15) is 34.6 Å². The van der Waals surface area contributed by atoms with E-state index in [1.165, 1.54) is 30.5 Å². The van der Waals surface area contributed by atoms with E-state index in [1.54, 1.807) is 72.6 Å². The largest absolute Gasteiger partial charge is 0.361 e. The molecule has 0 saturated carbocycles. The Balaban J connectivity index is 0.000000197. The van der Waals surface area contributed by atoms with Crippen LogP contribution in [0.2, 0.25) is 25.7 Å². The summed E-state index contributed by atoms with van der Waals surface area (Å²) in [7, 11) is 2.22. The molecule has 2 atom stereocenters. The van der Waals surface area contributed by atoms with Gasteiger partial charge in [-0.2, -0.15) is 20.7 Å². The lowest BCUT2D eigenvalue weighted by Crippen LogP contribution is -2.27. The van der Waals surface area contributed by atoms with Crippen LogP contribution in [-0.4, -0.2) is 88.6 Å². The predicted octanol–water partition coefficient (Wildman–Crippen LogP) is 6.87. The fraction of sp³-hybridized carbons (Fsp3) is 0.318. The second-order valence-electron chi connectivity index (χ2n) is 16.7. The topological polar surface area (TPSA) is 223 Å². The first-order chi connectivity index (χ1) is 30.5. The molecule has 0 radical (unpaired) electrons. The van der Waals surface area contributed by atoms with Gasteiger partial charge in [0.15, 0.2) is 11.3 Å². The van der Waals surface area contributed by atoms with Crippen LogP contribution in [0.15, 0.2) is 61.2 Å². The van der Waals surface area contributed by atoms with Crippen LogP contribution in [-0.2, 0) is 25.6 Å². The van der Waals surface area contributed by atoms with Crippen molar-refractivity contribution < 1.29 is 23.1 Å². The summed E-state index contributed by atoms with van der Waals surface area (Å²) in [6.07, 6.45) is 6.38. The van der Waals surface area contributed by atoms with E-state index in [0.717, 1.165) is 16.8 Å². The van der Waals surface area contributed by atoms with Crippen LogP contribution in [0.4, 0.5) is 8.78 Å². The first-order valence-electron chi connectivity index (χ1n) is 20.4. The lowest BCUT2D eigenvalue weighted by atomic mass is 10.1. The number of fused-ring (bicyclic) bond motifs is 4. The van der Waals surface area contributed by atoms with Crippen LogP contribution >= 0.6 is 0 Å². The number of aromatic amines is 1. The Kier molecular flexibility index (Phi) is 12.9. The van der Waals surface area contributed by atoms with Gasteiger partial charge in [0, 0.05) is 65.0 Å². The molecule has 64 heavy (non-hydrogen) atoms. The Morgan fingerprint density at radius 2 is 1.34 bits per heavy atom. The van der Waals surface area contributed by atoms with Crippen LogP contribution in [0, 0.1) is 46.1 Å². The van der Waals surface area contributed by atoms with E-state index in [9.17, 15) is 18.4 Å². The van der Waals surface area contributed by atoms with Gasteiger partial charge < -0.3 is 24.9 Å². The Labute approximate surface area is 367 Å². The number of ether oxygens (including phenoxy) is 1. The number of H-pyrrole nitrogens is 1. The third-order valence-electron chi connectivity index (χ3n) is 10.4. The molecule has 17 nitrogen and oxygen atoms in total. The lowest BCUT2D eigenvalue weighted by Gasteiger charge is -2.15. The van der Waals surface area contributed by atoms with E-state index >= 15 is 0 Å². The minimum absolute atomic E-state index is 0.221. The van der Waals surface area contributed by atoms with Gasteiger partial charge in [0.2, 0.25) is 0 Å². The molecular weight excluding hydrogens is 839 g/mol. The first-order valence-corrected chi connectivity index (χ1v) is 24.1. The Hall–Kier alpha value is -7.42. The molecule has 8 aromatic rings. The number of aryl methyl sites for hydroxylation is 2. The quantitative estimate of drug-likeness (QED) is 0.0801. The second kappa shape index (κ2) is 18.5. The summed E-state index contributed by atoms with van der Waals surface area (Å²) in [6, 6.07) is 14.1. The number of carbonyl (C=O) groups excluding carboxylic acids is 2. The number of nitriles is 2. The normalized spacial score (nSPS) is 12.5. The van der Waals surface area contributed by atoms with Gasteiger partial charge in [-0.15, -0.1) is 0 Å². The number of amides is 2. The number of hydrogen-bond donors (Lipinski definition) is 3. The molecule has 6 aromatic heterocycles. The number of carbonyl (C=O) groups is 2. The maximum atomic E-state index is 13.8. The monoisotopic (exact) mass is 884 g/mol. The molecular formula is C44H46F2N14O3Si. The highest BCUT2D eigenvalue weighted by Gasteiger charge is 2.23. The second-order valence-corrected chi connectivity index (χ2v) is 22.3. The average Bonchev–Trinajstić information content (AvgIpc) is 4.04. The number of nitrogens with one attached hydrogen (secondary N) is 3. The van der Waals surface area contributed by atoms with Crippen molar-refractivity contribution in [3.05, 3.63) is 83.9 Å². The highest BCUT2D eigenvalue weighted by molar-refractivity contribution is 6.76. The minimum Gasteiger partial charge on any atom is -0.361 e. The molecule has 8 rings (SSSR count). The molecule has 3 N–H and O–H groups in total. The molecule has 0 aliphatic rings. The van der Waals surface area contributed by atoms with E-state index in [4.69, 9.17) is 20.2 Å². The number of aromatic nitrogens is 10. The Morgan fingerprint density at radius 3 is 1.89 bits per heavy atom. The van der Waals surface area contributed by atoms with Gasteiger partial charge in [-0.25, -0.2) is 28.7 Å². The minimum atomic E-state index is -1.24. The van der Waals surface area contributed by atoms with Crippen LogP contribution in [0.5, 0.6) is 0 Å². The zero-order valence-electron chi connectivity index (χ0n) is 36.4. The smallest absolute Gasteiger partial charge is 0.255 e. The van der Waals surface area contributed by atoms with E-state index in [-0.39, 0.29) is 55.1 Å². The molecule has 0 bridgehead atoms. The summed E-state index contributed by atoms with van der Waals surface area (Å²) in [5, 5.41) is 33.9. The third-order valence-corrected chi connectivity index (χ3v) is 12.1. The van der Waals surface area contributed by atoms with Crippen LogP contribution in [0.3, 0.4) is 0 Å². The van der Waals surface area contributed by atoms with Gasteiger partial charge >= 0.3 is 0 Å². The van der Waals surface area contributed by atoms with Gasteiger partial charge in [0.25, 0.3) is 11.8 Å². The molecule has 0 saturated heterocycles. The molecule has 20 heteroatoms. The van der Waals surface area contributed by atoms with Gasteiger partial charge in [0.05, 0.1) is 58.5 Å². The summed E-state index contributed by atoms with van der Waals surface area (Å²) < 4.78 is 38.2. The SMILES string of the molecule is C[C@@H](C#N)CNC(=O)c1c[nH]c2ncc(-c3nn(C)c4cc(F)ccc34)nc12.C[C@@H](C#N)CNC(=O)c1cn(COCC[Si](C)(C)C)c2ncc(-c3nn(C)c4cc(F)ccc34)nc12. The van der Waals surface area contributed by atoms with Gasteiger partial charge in [-0.3, -0.25) is 19.0 Å². The molecule has 328 valence electrons. The fourth-order valence-electron chi connectivity index (χ4n) is 6.76. The van der Waals surface area contributed by atoms with E-state index in [1.807, 2.05) is 0 Å². The van der Waals surface area contributed by atoms with Crippen LogP contribution < -0.4 is 10.6 Å². The summed E-state index contributed by atoms with van der Waals surface area (Å²) in [5.41, 5.74) is 5.77. The van der Waals surface area contributed by atoms with Crippen LogP contribution in [0.25, 0.3) is 66.9 Å². The van der Waals surface area contributed by atoms with Crippen molar-refractivity contribution in [3.63, 3.8) is 0 Å². The number of nitrogens with zero attached hydrogens (tertiary/aromatic N) is 11. The fourth-order valence-corrected chi connectivity index (χ4v) is 7.52. The highest BCUT2D eigenvalue weighted by atomic mass is 28.3. The van der Waals surface area contributed by atoms with Crippen molar-refractivity contribution >= 4 is 64.0 Å². The number of hydrogen-bond acceptors (Lipinski definition) is 11. The van der Waals surface area contributed by atoms with Crippen molar-refractivity contribution in [2.24, 2.45) is 25.9 Å². The van der Waals surface area contributed by atoms with Crippen molar-refractivity contribution in [1.29, 1.82) is 10.5 Å². The van der Waals surface area contributed by atoms with E-state index < -0.39 is 8.07 Å². The van der Waals surface area contributed by atoms with Crippen molar-refractivity contribution in [3.8, 4) is 34.9 Å². The molecule has 2 amide bonds.